The van der Waals surface area contributed by atoms with Crippen molar-refractivity contribution in [2.75, 3.05) is 4.72 Å². The Morgan fingerprint density at radius 1 is 1.19 bits per heavy atom. The highest BCUT2D eigenvalue weighted by Crippen LogP contribution is 2.28. The van der Waals surface area contributed by atoms with Crippen molar-refractivity contribution in [2.45, 2.75) is 11.8 Å². The number of nitrogens with one attached hydrogen (secondary N) is 1. The van der Waals surface area contributed by atoms with Crippen LogP contribution in [0.3, 0.4) is 0 Å². The minimum atomic E-state index is -3.85. The summed E-state index contributed by atoms with van der Waals surface area (Å²) in [7, 11) is -3.85. The van der Waals surface area contributed by atoms with Crippen molar-refractivity contribution < 1.29 is 18.3 Å². The van der Waals surface area contributed by atoms with Gasteiger partial charge in [-0.05, 0) is 52.7 Å². The van der Waals surface area contributed by atoms with Crippen molar-refractivity contribution in [3.63, 3.8) is 0 Å². The standard InChI is InChI=1S/C14H12BrNO4S/c1-9-4-2-7-12(13(9)15)16-21(19,20)11-6-3-5-10(8-11)14(17)18/h2-8,16H,1H3,(H,17,18). The predicted octanol–water partition coefficient (Wildman–Crippen LogP) is 3.26. The van der Waals surface area contributed by atoms with Gasteiger partial charge in [0.05, 0.1) is 16.1 Å². The van der Waals surface area contributed by atoms with Crippen molar-refractivity contribution in [3.05, 3.63) is 58.1 Å². The topological polar surface area (TPSA) is 83.5 Å². The van der Waals surface area contributed by atoms with E-state index in [0.717, 1.165) is 11.6 Å². The molecule has 0 radical (unpaired) electrons. The molecule has 0 bridgehead atoms. The lowest BCUT2D eigenvalue weighted by Gasteiger charge is -2.11. The SMILES string of the molecule is Cc1cccc(NS(=O)(=O)c2cccc(C(=O)O)c2)c1Br. The minimum Gasteiger partial charge on any atom is -0.478 e. The Hall–Kier alpha value is -1.86. The number of hydrogen-bond acceptors (Lipinski definition) is 3. The number of aryl methyl sites for hydroxylation is 1. The number of hydrogen-bond donors (Lipinski definition) is 2. The van der Waals surface area contributed by atoms with Gasteiger partial charge in [-0.15, -0.1) is 0 Å². The Labute approximate surface area is 130 Å². The van der Waals surface area contributed by atoms with Gasteiger partial charge in [-0.1, -0.05) is 18.2 Å². The highest BCUT2D eigenvalue weighted by molar-refractivity contribution is 9.10. The van der Waals surface area contributed by atoms with Gasteiger partial charge in [-0.2, -0.15) is 0 Å². The van der Waals surface area contributed by atoms with Crippen molar-refractivity contribution >= 4 is 37.6 Å². The number of aromatic carboxylic acids is 1. The normalized spacial score (nSPS) is 11.1. The first-order chi connectivity index (χ1) is 9.81. The molecular formula is C14H12BrNO4S. The van der Waals surface area contributed by atoms with Crippen LogP contribution >= 0.6 is 15.9 Å². The summed E-state index contributed by atoms with van der Waals surface area (Å²) >= 11 is 3.32. The fraction of sp³-hybridized carbons (Fsp3) is 0.0714. The number of rotatable bonds is 4. The maximum Gasteiger partial charge on any atom is 0.335 e. The van der Waals surface area contributed by atoms with Gasteiger partial charge in [0.2, 0.25) is 0 Å². The number of sulfonamides is 1. The second kappa shape index (κ2) is 5.87. The quantitative estimate of drug-likeness (QED) is 0.866. The summed E-state index contributed by atoms with van der Waals surface area (Å²) in [6.45, 7) is 1.84. The fourth-order valence-electron chi connectivity index (χ4n) is 1.73. The Bertz CT molecular complexity index is 802. The molecule has 2 N–H and O–H groups in total. The third-order valence-corrected chi connectivity index (χ3v) is 5.24. The zero-order valence-corrected chi connectivity index (χ0v) is 13.4. The number of carbonyl (C=O) groups is 1. The monoisotopic (exact) mass is 369 g/mol. The van der Waals surface area contributed by atoms with Crippen LogP contribution < -0.4 is 4.72 Å². The van der Waals surface area contributed by atoms with Gasteiger partial charge in [-0.3, -0.25) is 4.72 Å². The third-order valence-electron chi connectivity index (χ3n) is 2.83. The van der Waals surface area contributed by atoms with E-state index < -0.39 is 16.0 Å². The van der Waals surface area contributed by atoms with Crippen LogP contribution in [0.4, 0.5) is 5.69 Å². The number of carboxylic acids is 1. The summed E-state index contributed by atoms with van der Waals surface area (Å²) < 4.78 is 27.7. The lowest BCUT2D eigenvalue weighted by atomic mass is 10.2. The smallest absolute Gasteiger partial charge is 0.335 e. The van der Waals surface area contributed by atoms with E-state index in [1.807, 2.05) is 13.0 Å². The molecule has 21 heavy (non-hydrogen) atoms. The molecule has 0 saturated heterocycles. The molecule has 0 atom stereocenters. The Balaban J connectivity index is 2.41. The van der Waals surface area contributed by atoms with Crippen LogP contribution in [-0.4, -0.2) is 19.5 Å². The van der Waals surface area contributed by atoms with Crippen molar-refractivity contribution in [3.8, 4) is 0 Å². The average molecular weight is 370 g/mol. The molecule has 0 aliphatic rings. The number of carboxylic acid groups (broad SMARTS) is 1. The number of anilines is 1. The fourth-order valence-corrected chi connectivity index (χ4v) is 3.34. The summed E-state index contributed by atoms with van der Waals surface area (Å²) in [4.78, 5) is 10.8. The van der Waals surface area contributed by atoms with Gasteiger partial charge < -0.3 is 5.11 Å². The highest BCUT2D eigenvalue weighted by atomic mass is 79.9. The van der Waals surface area contributed by atoms with Crippen molar-refractivity contribution in [1.29, 1.82) is 0 Å². The van der Waals surface area contributed by atoms with Crippen LogP contribution in [0.25, 0.3) is 0 Å². The Kier molecular flexibility index (Phi) is 4.34. The molecule has 0 heterocycles. The second-order valence-corrected chi connectivity index (χ2v) is 6.85. The Morgan fingerprint density at radius 2 is 1.86 bits per heavy atom. The van der Waals surface area contributed by atoms with E-state index >= 15 is 0 Å². The first-order valence-electron chi connectivity index (χ1n) is 5.92. The summed E-state index contributed by atoms with van der Waals surface area (Å²) in [5.74, 6) is -1.18. The third kappa shape index (κ3) is 3.43. The van der Waals surface area contributed by atoms with Crippen molar-refractivity contribution in [2.24, 2.45) is 0 Å². The van der Waals surface area contributed by atoms with Gasteiger partial charge >= 0.3 is 5.97 Å². The van der Waals surface area contributed by atoms with Gasteiger partial charge in [0.25, 0.3) is 10.0 Å². The molecule has 7 heteroatoms. The number of halogens is 1. The summed E-state index contributed by atoms with van der Waals surface area (Å²) in [5.41, 5.74) is 1.20. The molecule has 2 aromatic carbocycles. The van der Waals surface area contributed by atoms with Crippen LogP contribution in [-0.2, 0) is 10.0 Å². The zero-order chi connectivity index (χ0) is 15.6. The number of benzene rings is 2. The second-order valence-electron chi connectivity index (χ2n) is 4.37. The first kappa shape index (κ1) is 15.5. The van der Waals surface area contributed by atoms with Crippen LogP contribution in [0.15, 0.2) is 51.8 Å². The molecule has 5 nitrogen and oxygen atoms in total. The van der Waals surface area contributed by atoms with E-state index in [-0.39, 0.29) is 10.5 Å². The van der Waals surface area contributed by atoms with Gasteiger partial charge in [0, 0.05) is 4.47 Å². The van der Waals surface area contributed by atoms with Gasteiger partial charge in [0.1, 0.15) is 0 Å². The van der Waals surface area contributed by atoms with Gasteiger partial charge in [0.15, 0.2) is 0 Å². The molecule has 0 amide bonds. The van der Waals surface area contributed by atoms with E-state index in [4.69, 9.17) is 5.11 Å². The molecule has 0 spiro atoms. The molecular weight excluding hydrogens is 358 g/mol. The van der Waals surface area contributed by atoms with Crippen molar-refractivity contribution in [1.82, 2.24) is 0 Å². The van der Waals surface area contributed by atoms with E-state index in [1.165, 1.54) is 18.2 Å². The largest absolute Gasteiger partial charge is 0.478 e. The van der Waals surface area contributed by atoms with Crippen LogP contribution in [0.1, 0.15) is 15.9 Å². The molecule has 0 aromatic heterocycles. The van der Waals surface area contributed by atoms with E-state index in [2.05, 4.69) is 20.7 Å². The Morgan fingerprint density at radius 3 is 2.52 bits per heavy atom. The molecule has 2 aromatic rings. The molecule has 2 rings (SSSR count). The summed E-state index contributed by atoms with van der Waals surface area (Å²) in [6.07, 6.45) is 0. The average Bonchev–Trinajstić information content (AvgIpc) is 2.44. The minimum absolute atomic E-state index is 0.0822. The van der Waals surface area contributed by atoms with Crippen LogP contribution in [0.2, 0.25) is 0 Å². The maximum absolute atomic E-state index is 12.3. The first-order valence-corrected chi connectivity index (χ1v) is 8.20. The van der Waals surface area contributed by atoms with E-state index in [9.17, 15) is 13.2 Å². The zero-order valence-electron chi connectivity index (χ0n) is 11.0. The highest BCUT2D eigenvalue weighted by Gasteiger charge is 2.17. The van der Waals surface area contributed by atoms with Crippen LogP contribution in [0.5, 0.6) is 0 Å². The molecule has 0 saturated carbocycles. The van der Waals surface area contributed by atoms with Gasteiger partial charge in [-0.25, -0.2) is 13.2 Å². The molecule has 0 aliphatic carbocycles. The van der Waals surface area contributed by atoms with E-state index in [1.54, 1.807) is 12.1 Å². The van der Waals surface area contributed by atoms with E-state index in [0.29, 0.717) is 10.2 Å². The van der Waals surface area contributed by atoms with Crippen LogP contribution in [0, 0.1) is 6.92 Å². The lowest BCUT2D eigenvalue weighted by molar-refractivity contribution is 0.0696. The lowest BCUT2D eigenvalue weighted by Crippen LogP contribution is -2.14. The molecule has 110 valence electrons. The summed E-state index contributed by atoms with van der Waals surface area (Å²) in [6, 6.07) is 10.4. The molecule has 0 unspecified atom stereocenters. The predicted molar refractivity (Wildman–Crippen MR) is 83.1 cm³/mol. The summed E-state index contributed by atoms with van der Waals surface area (Å²) in [5, 5.41) is 8.92. The molecule has 0 fully saturated rings. The maximum atomic E-state index is 12.3. The molecule has 0 aliphatic heterocycles.